The number of rotatable bonds is 3. The highest BCUT2D eigenvalue weighted by Gasteiger charge is 2.20. The number of thiazole rings is 1. The second kappa shape index (κ2) is 5.80. The Balaban J connectivity index is 1.66. The van der Waals surface area contributed by atoms with Gasteiger partial charge in [-0.3, -0.25) is 4.72 Å². The molecule has 3 aromatic rings. The first-order valence-electron chi connectivity index (χ1n) is 7.00. The minimum Gasteiger partial charge on any atom is -0.486 e. The third-order valence-electron chi connectivity index (χ3n) is 3.40. The van der Waals surface area contributed by atoms with E-state index in [4.69, 9.17) is 21.1 Å². The number of nitrogens with zero attached hydrogens (tertiary/aromatic N) is 1. The molecule has 24 heavy (non-hydrogen) atoms. The summed E-state index contributed by atoms with van der Waals surface area (Å²) in [6, 6.07) is 9.71. The first kappa shape index (κ1) is 15.5. The first-order valence-corrected chi connectivity index (χ1v) is 9.68. The van der Waals surface area contributed by atoms with Gasteiger partial charge in [0.15, 0.2) is 16.6 Å². The van der Waals surface area contributed by atoms with Crippen LogP contribution >= 0.6 is 22.9 Å². The van der Waals surface area contributed by atoms with Crippen molar-refractivity contribution in [3.05, 3.63) is 41.4 Å². The van der Waals surface area contributed by atoms with Crippen LogP contribution in [0.3, 0.4) is 0 Å². The van der Waals surface area contributed by atoms with Crippen LogP contribution in [0, 0.1) is 0 Å². The molecule has 0 atom stereocenters. The van der Waals surface area contributed by atoms with Crippen LogP contribution in [0.2, 0.25) is 5.02 Å². The molecule has 1 aromatic heterocycles. The fourth-order valence-corrected chi connectivity index (χ4v) is 4.70. The van der Waals surface area contributed by atoms with Gasteiger partial charge in [0.05, 0.1) is 15.1 Å². The fourth-order valence-electron chi connectivity index (χ4n) is 2.31. The van der Waals surface area contributed by atoms with Gasteiger partial charge in [0.1, 0.15) is 13.2 Å². The number of benzene rings is 2. The van der Waals surface area contributed by atoms with Crippen molar-refractivity contribution >= 4 is 48.3 Å². The van der Waals surface area contributed by atoms with E-state index in [1.165, 1.54) is 23.5 Å². The lowest BCUT2D eigenvalue weighted by Crippen LogP contribution is -2.17. The van der Waals surface area contributed by atoms with Gasteiger partial charge in [-0.1, -0.05) is 22.9 Å². The number of halogens is 1. The van der Waals surface area contributed by atoms with Gasteiger partial charge in [-0.05, 0) is 30.3 Å². The molecule has 0 bridgehead atoms. The number of aromatic nitrogens is 1. The highest BCUT2D eigenvalue weighted by Crippen LogP contribution is 2.34. The third kappa shape index (κ3) is 2.88. The van der Waals surface area contributed by atoms with E-state index in [2.05, 4.69) is 9.71 Å². The summed E-state index contributed by atoms with van der Waals surface area (Å²) in [6.07, 6.45) is 0. The number of nitrogens with one attached hydrogen (secondary N) is 1. The van der Waals surface area contributed by atoms with Gasteiger partial charge in [0.25, 0.3) is 10.0 Å². The molecule has 0 aliphatic carbocycles. The molecule has 4 rings (SSSR count). The Morgan fingerprint density at radius 3 is 2.71 bits per heavy atom. The number of hydrogen-bond acceptors (Lipinski definition) is 6. The predicted octanol–water partition coefficient (Wildman–Crippen LogP) is 3.52. The van der Waals surface area contributed by atoms with Gasteiger partial charge < -0.3 is 9.47 Å². The van der Waals surface area contributed by atoms with E-state index in [-0.39, 0.29) is 10.0 Å². The molecule has 0 fully saturated rings. The van der Waals surface area contributed by atoms with Gasteiger partial charge >= 0.3 is 0 Å². The quantitative estimate of drug-likeness (QED) is 0.749. The average molecular weight is 383 g/mol. The summed E-state index contributed by atoms with van der Waals surface area (Å²) in [7, 11) is -3.78. The average Bonchev–Trinajstić information content (AvgIpc) is 2.94. The molecule has 2 aromatic carbocycles. The minimum absolute atomic E-state index is 0.0871. The zero-order valence-electron chi connectivity index (χ0n) is 12.2. The molecule has 0 unspecified atom stereocenters. The SMILES string of the molecule is O=S(=O)(Nc1nc2ccc(Cl)cc2s1)c1ccc2c(c1)OCCO2. The van der Waals surface area contributed by atoms with Gasteiger partial charge in [-0.15, -0.1) is 0 Å². The van der Waals surface area contributed by atoms with Gasteiger partial charge in [0, 0.05) is 11.1 Å². The molecule has 124 valence electrons. The van der Waals surface area contributed by atoms with Crippen molar-refractivity contribution in [3.63, 3.8) is 0 Å². The Labute approximate surface area is 147 Å². The first-order chi connectivity index (χ1) is 11.5. The van der Waals surface area contributed by atoms with Crippen LogP contribution in [-0.2, 0) is 10.0 Å². The van der Waals surface area contributed by atoms with Crippen LogP contribution in [0.4, 0.5) is 5.13 Å². The van der Waals surface area contributed by atoms with E-state index in [9.17, 15) is 8.42 Å². The normalized spacial score (nSPS) is 13.9. The van der Waals surface area contributed by atoms with E-state index >= 15 is 0 Å². The largest absolute Gasteiger partial charge is 0.486 e. The molecule has 0 amide bonds. The summed E-state index contributed by atoms with van der Waals surface area (Å²) in [5.41, 5.74) is 0.685. The molecule has 6 nitrogen and oxygen atoms in total. The van der Waals surface area contributed by atoms with Crippen LogP contribution in [-0.4, -0.2) is 26.6 Å². The maximum atomic E-state index is 12.6. The number of fused-ring (bicyclic) bond motifs is 2. The maximum Gasteiger partial charge on any atom is 0.263 e. The monoisotopic (exact) mass is 382 g/mol. The van der Waals surface area contributed by atoms with Crippen molar-refractivity contribution in [2.75, 3.05) is 17.9 Å². The van der Waals surface area contributed by atoms with Crippen molar-refractivity contribution in [2.24, 2.45) is 0 Å². The van der Waals surface area contributed by atoms with Crippen LogP contribution < -0.4 is 14.2 Å². The number of sulfonamides is 1. The van der Waals surface area contributed by atoms with Crippen molar-refractivity contribution in [1.82, 2.24) is 4.98 Å². The molecule has 2 heterocycles. The highest BCUT2D eigenvalue weighted by atomic mass is 35.5. The van der Waals surface area contributed by atoms with Crippen molar-refractivity contribution in [1.29, 1.82) is 0 Å². The molecule has 0 saturated carbocycles. The van der Waals surface area contributed by atoms with Gasteiger partial charge in [-0.2, -0.15) is 0 Å². The molecule has 0 radical (unpaired) electrons. The summed E-state index contributed by atoms with van der Waals surface area (Å²) in [5, 5.41) is 0.856. The standard InChI is InChI=1S/C15H11ClN2O4S2/c16-9-1-3-11-14(7-9)23-15(17-11)18-24(19,20)10-2-4-12-13(8-10)22-6-5-21-12/h1-4,7-8H,5-6H2,(H,17,18). The second-order valence-electron chi connectivity index (χ2n) is 5.04. The van der Waals surface area contributed by atoms with Crippen LogP contribution in [0.1, 0.15) is 0 Å². The van der Waals surface area contributed by atoms with Crippen molar-refractivity contribution in [2.45, 2.75) is 4.90 Å². The minimum atomic E-state index is -3.78. The van der Waals surface area contributed by atoms with Gasteiger partial charge in [-0.25, -0.2) is 13.4 Å². The molecular formula is C15H11ClN2O4S2. The summed E-state index contributed by atoms with van der Waals surface area (Å²) < 4.78 is 39.2. The Bertz CT molecular complexity index is 1030. The number of anilines is 1. The van der Waals surface area contributed by atoms with E-state index in [0.717, 1.165) is 4.70 Å². The zero-order chi connectivity index (χ0) is 16.7. The smallest absolute Gasteiger partial charge is 0.263 e. The van der Waals surface area contributed by atoms with E-state index in [1.54, 1.807) is 24.3 Å². The maximum absolute atomic E-state index is 12.6. The lowest BCUT2D eigenvalue weighted by atomic mass is 10.3. The van der Waals surface area contributed by atoms with Gasteiger partial charge in [0.2, 0.25) is 0 Å². The number of ether oxygens (including phenoxy) is 2. The van der Waals surface area contributed by atoms with Crippen LogP contribution in [0.5, 0.6) is 11.5 Å². The Morgan fingerprint density at radius 1 is 1.08 bits per heavy atom. The molecule has 9 heteroatoms. The Morgan fingerprint density at radius 2 is 1.88 bits per heavy atom. The van der Waals surface area contributed by atoms with E-state index < -0.39 is 10.0 Å². The Hall–Kier alpha value is -2.03. The predicted molar refractivity (Wildman–Crippen MR) is 92.9 cm³/mol. The topological polar surface area (TPSA) is 77.5 Å². The highest BCUT2D eigenvalue weighted by molar-refractivity contribution is 7.93. The third-order valence-corrected chi connectivity index (χ3v) is 6.03. The molecule has 1 N–H and O–H groups in total. The van der Waals surface area contributed by atoms with Crippen molar-refractivity contribution in [3.8, 4) is 11.5 Å². The summed E-state index contributed by atoms with van der Waals surface area (Å²) >= 11 is 7.16. The fraction of sp³-hybridized carbons (Fsp3) is 0.133. The molecule has 1 aliphatic rings. The molecule has 1 aliphatic heterocycles. The second-order valence-corrected chi connectivity index (χ2v) is 8.19. The van der Waals surface area contributed by atoms with Crippen LogP contribution in [0.15, 0.2) is 41.3 Å². The van der Waals surface area contributed by atoms with Crippen LogP contribution in [0.25, 0.3) is 10.2 Å². The summed E-state index contributed by atoms with van der Waals surface area (Å²) in [6.45, 7) is 0.841. The molecule has 0 spiro atoms. The van der Waals surface area contributed by atoms with E-state index in [0.29, 0.717) is 35.3 Å². The molecule has 0 saturated heterocycles. The lowest BCUT2D eigenvalue weighted by Gasteiger charge is -2.18. The lowest BCUT2D eigenvalue weighted by molar-refractivity contribution is 0.171. The summed E-state index contributed by atoms with van der Waals surface area (Å²) in [4.78, 5) is 4.35. The van der Waals surface area contributed by atoms with Crippen molar-refractivity contribution < 1.29 is 17.9 Å². The number of hydrogen-bond donors (Lipinski definition) is 1. The summed E-state index contributed by atoms with van der Waals surface area (Å²) in [5.74, 6) is 0.954. The molecular weight excluding hydrogens is 372 g/mol. The Kier molecular flexibility index (Phi) is 3.75. The zero-order valence-corrected chi connectivity index (χ0v) is 14.5. The van der Waals surface area contributed by atoms with E-state index in [1.807, 2.05) is 0 Å².